The SMILES string of the molecule is O=C(COC(=O)c1ccc2ncsc2c1)Nc1ccccc1C(=O)Nc1ccccc1. The lowest BCUT2D eigenvalue weighted by molar-refractivity contribution is -0.119. The van der Waals surface area contributed by atoms with Gasteiger partial charge in [0, 0.05) is 5.69 Å². The van der Waals surface area contributed by atoms with Crippen LogP contribution in [0.1, 0.15) is 20.7 Å². The lowest BCUT2D eigenvalue weighted by Gasteiger charge is -2.12. The van der Waals surface area contributed by atoms with Gasteiger partial charge < -0.3 is 15.4 Å². The van der Waals surface area contributed by atoms with Crippen molar-refractivity contribution >= 4 is 50.7 Å². The maximum absolute atomic E-state index is 12.6. The number of thiazole rings is 1. The molecule has 154 valence electrons. The molecule has 0 spiro atoms. The van der Waals surface area contributed by atoms with Crippen LogP contribution in [-0.4, -0.2) is 29.4 Å². The molecule has 2 amide bonds. The number of anilines is 2. The zero-order chi connectivity index (χ0) is 21.6. The van der Waals surface area contributed by atoms with Gasteiger partial charge in [-0.15, -0.1) is 11.3 Å². The summed E-state index contributed by atoms with van der Waals surface area (Å²) in [4.78, 5) is 41.3. The molecule has 4 rings (SSSR count). The van der Waals surface area contributed by atoms with Crippen LogP contribution in [0, 0.1) is 0 Å². The number of ether oxygens (including phenoxy) is 1. The van der Waals surface area contributed by atoms with Gasteiger partial charge in [-0.2, -0.15) is 0 Å². The van der Waals surface area contributed by atoms with Crippen LogP contribution >= 0.6 is 11.3 Å². The number of aromatic nitrogens is 1. The molecule has 8 heteroatoms. The molecule has 0 fully saturated rings. The number of para-hydroxylation sites is 2. The summed E-state index contributed by atoms with van der Waals surface area (Å²) < 4.78 is 5.97. The molecule has 1 aromatic heterocycles. The number of carbonyl (C=O) groups is 3. The van der Waals surface area contributed by atoms with E-state index in [9.17, 15) is 14.4 Å². The first-order valence-electron chi connectivity index (χ1n) is 9.36. The van der Waals surface area contributed by atoms with Gasteiger partial charge in [0.2, 0.25) is 0 Å². The second kappa shape index (κ2) is 9.19. The lowest BCUT2D eigenvalue weighted by atomic mass is 10.1. The van der Waals surface area contributed by atoms with Crippen molar-refractivity contribution in [2.45, 2.75) is 0 Å². The van der Waals surface area contributed by atoms with E-state index in [4.69, 9.17) is 4.74 Å². The van der Waals surface area contributed by atoms with Crippen LogP contribution in [0.4, 0.5) is 11.4 Å². The van der Waals surface area contributed by atoms with Crippen molar-refractivity contribution in [3.05, 3.63) is 89.4 Å². The average Bonchev–Trinajstić information content (AvgIpc) is 3.26. The largest absolute Gasteiger partial charge is 0.452 e. The summed E-state index contributed by atoms with van der Waals surface area (Å²) in [7, 11) is 0. The number of fused-ring (bicyclic) bond motifs is 1. The van der Waals surface area contributed by atoms with E-state index in [2.05, 4.69) is 15.6 Å². The number of nitrogens with zero attached hydrogens (tertiary/aromatic N) is 1. The molecule has 0 bridgehead atoms. The van der Waals surface area contributed by atoms with Crippen molar-refractivity contribution in [2.75, 3.05) is 17.2 Å². The van der Waals surface area contributed by atoms with Gasteiger partial charge in [-0.3, -0.25) is 9.59 Å². The van der Waals surface area contributed by atoms with Gasteiger partial charge in [0.05, 0.1) is 32.5 Å². The monoisotopic (exact) mass is 431 g/mol. The van der Waals surface area contributed by atoms with Crippen molar-refractivity contribution in [3.63, 3.8) is 0 Å². The van der Waals surface area contributed by atoms with Crippen molar-refractivity contribution in [2.24, 2.45) is 0 Å². The highest BCUT2D eigenvalue weighted by atomic mass is 32.1. The van der Waals surface area contributed by atoms with E-state index in [0.717, 1.165) is 10.2 Å². The Hall–Kier alpha value is -4.04. The zero-order valence-electron chi connectivity index (χ0n) is 16.2. The number of esters is 1. The quantitative estimate of drug-likeness (QED) is 0.443. The summed E-state index contributed by atoms with van der Waals surface area (Å²) in [6.45, 7) is -0.478. The van der Waals surface area contributed by atoms with Crippen LogP contribution < -0.4 is 10.6 Å². The summed E-state index contributed by atoms with van der Waals surface area (Å²) in [6.07, 6.45) is 0. The van der Waals surface area contributed by atoms with Gasteiger partial charge in [0.15, 0.2) is 6.61 Å². The Labute approximate surface area is 181 Å². The molecule has 0 saturated heterocycles. The number of benzene rings is 3. The van der Waals surface area contributed by atoms with Crippen molar-refractivity contribution in [1.82, 2.24) is 4.98 Å². The predicted octanol–water partition coefficient (Wildman–Crippen LogP) is 4.34. The van der Waals surface area contributed by atoms with E-state index >= 15 is 0 Å². The smallest absolute Gasteiger partial charge is 0.338 e. The molecule has 0 aliphatic rings. The number of hydrogen-bond donors (Lipinski definition) is 2. The van der Waals surface area contributed by atoms with Gasteiger partial charge in [-0.05, 0) is 42.5 Å². The fourth-order valence-electron chi connectivity index (χ4n) is 2.89. The minimum atomic E-state index is -0.611. The van der Waals surface area contributed by atoms with Gasteiger partial charge in [-0.25, -0.2) is 9.78 Å². The summed E-state index contributed by atoms with van der Waals surface area (Å²) in [6, 6.07) is 20.6. The summed E-state index contributed by atoms with van der Waals surface area (Å²) >= 11 is 1.41. The lowest BCUT2D eigenvalue weighted by Crippen LogP contribution is -2.23. The molecule has 0 aliphatic heterocycles. The van der Waals surface area contributed by atoms with E-state index < -0.39 is 18.5 Å². The summed E-state index contributed by atoms with van der Waals surface area (Å²) in [5.74, 6) is -1.52. The minimum Gasteiger partial charge on any atom is -0.452 e. The molecule has 0 aliphatic carbocycles. The Morgan fingerprint density at radius 1 is 0.903 bits per heavy atom. The van der Waals surface area contributed by atoms with Crippen molar-refractivity contribution in [3.8, 4) is 0 Å². The molecule has 0 radical (unpaired) electrons. The molecule has 0 unspecified atom stereocenters. The average molecular weight is 431 g/mol. The molecule has 0 saturated carbocycles. The van der Waals surface area contributed by atoms with Crippen LogP contribution in [-0.2, 0) is 9.53 Å². The van der Waals surface area contributed by atoms with Gasteiger partial charge in [-0.1, -0.05) is 30.3 Å². The second-order valence-corrected chi connectivity index (χ2v) is 7.41. The molecule has 31 heavy (non-hydrogen) atoms. The van der Waals surface area contributed by atoms with Crippen LogP contribution in [0.2, 0.25) is 0 Å². The molecular weight excluding hydrogens is 414 g/mol. The van der Waals surface area contributed by atoms with Crippen LogP contribution in [0.15, 0.2) is 78.3 Å². The molecule has 4 aromatic rings. The fourth-order valence-corrected chi connectivity index (χ4v) is 3.61. The number of carbonyl (C=O) groups excluding carboxylic acids is 3. The third kappa shape index (κ3) is 4.93. The second-order valence-electron chi connectivity index (χ2n) is 6.52. The summed E-state index contributed by atoms with van der Waals surface area (Å²) in [5.41, 5.74) is 4.08. The summed E-state index contributed by atoms with van der Waals surface area (Å²) in [5, 5.41) is 5.40. The third-order valence-electron chi connectivity index (χ3n) is 4.38. The van der Waals surface area contributed by atoms with Crippen LogP contribution in [0.3, 0.4) is 0 Å². The van der Waals surface area contributed by atoms with E-state index in [0.29, 0.717) is 22.5 Å². The fraction of sp³-hybridized carbons (Fsp3) is 0.0435. The van der Waals surface area contributed by atoms with Crippen molar-refractivity contribution in [1.29, 1.82) is 0 Å². The zero-order valence-corrected chi connectivity index (χ0v) is 17.0. The standard InChI is InChI=1S/C23H17N3O4S/c27-21(13-30-23(29)15-10-11-19-20(12-15)31-14-24-19)26-18-9-5-4-8-17(18)22(28)25-16-6-2-1-3-7-16/h1-12,14H,13H2,(H,25,28)(H,26,27). The van der Waals surface area contributed by atoms with E-state index in [1.165, 1.54) is 11.3 Å². The first-order chi connectivity index (χ1) is 15.1. The highest BCUT2D eigenvalue weighted by molar-refractivity contribution is 7.16. The van der Waals surface area contributed by atoms with Gasteiger partial charge in [0.1, 0.15) is 0 Å². The highest BCUT2D eigenvalue weighted by Crippen LogP contribution is 2.20. The van der Waals surface area contributed by atoms with Crippen molar-refractivity contribution < 1.29 is 19.1 Å². The number of amides is 2. The first-order valence-corrected chi connectivity index (χ1v) is 10.2. The first kappa shape index (κ1) is 20.2. The Morgan fingerprint density at radius 2 is 1.68 bits per heavy atom. The number of hydrogen-bond acceptors (Lipinski definition) is 6. The predicted molar refractivity (Wildman–Crippen MR) is 119 cm³/mol. The van der Waals surface area contributed by atoms with Gasteiger partial charge >= 0.3 is 5.97 Å². The van der Waals surface area contributed by atoms with Crippen LogP contribution in [0.5, 0.6) is 0 Å². The van der Waals surface area contributed by atoms with E-state index in [1.807, 2.05) is 18.2 Å². The molecule has 2 N–H and O–H groups in total. The number of nitrogens with one attached hydrogen (secondary N) is 2. The topological polar surface area (TPSA) is 97.4 Å². The Bertz CT molecular complexity index is 1250. The minimum absolute atomic E-state index is 0.293. The Kier molecular flexibility index (Phi) is 6.00. The Morgan fingerprint density at radius 3 is 2.52 bits per heavy atom. The Balaban J connectivity index is 1.38. The molecule has 7 nitrogen and oxygen atoms in total. The normalized spacial score (nSPS) is 10.5. The molecule has 1 heterocycles. The molecular formula is C23H17N3O4S. The highest BCUT2D eigenvalue weighted by Gasteiger charge is 2.15. The maximum atomic E-state index is 12.6. The third-order valence-corrected chi connectivity index (χ3v) is 5.17. The van der Waals surface area contributed by atoms with E-state index in [-0.39, 0.29) is 5.91 Å². The molecule has 3 aromatic carbocycles. The van der Waals surface area contributed by atoms with E-state index in [1.54, 1.807) is 60.1 Å². The molecule has 0 atom stereocenters. The maximum Gasteiger partial charge on any atom is 0.338 e. The number of rotatable bonds is 6. The van der Waals surface area contributed by atoms with Crippen LogP contribution in [0.25, 0.3) is 10.2 Å². The van der Waals surface area contributed by atoms with Gasteiger partial charge in [0.25, 0.3) is 11.8 Å².